The predicted octanol–water partition coefficient (Wildman–Crippen LogP) is 2.58. The second-order valence-corrected chi connectivity index (χ2v) is 3.06. The molecule has 0 saturated heterocycles. The van der Waals surface area contributed by atoms with Crippen molar-refractivity contribution in [3.05, 3.63) is 35.5 Å². The lowest BCUT2D eigenvalue weighted by molar-refractivity contribution is -0.0746. The van der Waals surface area contributed by atoms with Crippen LogP contribution in [-0.4, -0.2) is 20.5 Å². The minimum Gasteiger partial charge on any atom is -0.352 e. The highest BCUT2D eigenvalue weighted by Crippen LogP contribution is 2.05. The second kappa shape index (κ2) is 7.98. The van der Waals surface area contributed by atoms with Gasteiger partial charge in [-0.1, -0.05) is 18.2 Å². The van der Waals surface area contributed by atoms with Crippen molar-refractivity contribution in [2.75, 3.05) is 14.2 Å². The van der Waals surface area contributed by atoms with Crippen molar-refractivity contribution < 1.29 is 9.47 Å². The van der Waals surface area contributed by atoms with Gasteiger partial charge < -0.3 is 9.47 Å². The molecule has 0 aliphatic carbocycles. The lowest BCUT2D eigenvalue weighted by Crippen LogP contribution is -2.13. The van der Waals surface area contributed by atoms with Crippen LogP contribution in [0, 0.1) is 11.3 Å². The minimum absolute atomic E-state index is 0.310. The molecule has 15 heavy (non-hydrogen) atoms. The molecule has 3 nitrogen and oxygen atoms in total. The van der Waals surface area contributed by atoms with Crippen LogP contribution in [0.3, 0.4) is 0 Å². The third-order valence-electron chi connectivity index (χ3n) is 1.79. The van der Waals surface area contributed by atoms with E-state index in [1.807, 2.05) is 31.2 Å². The van der Waals surface area contributed by atoms with E-state index < -0.39 is 0 Å². The highest BCUT2D eigenvalue weighted by molar-refractivity contribution is 5.25. The summed E-state index contributed by atoms with van der Waals surface area (Å²) >= 11 is 0. The van der Waals surface area contributed by atoms with E-state index in [2.05, 4.69) is 0 Å². The Morgan fingerprint density at radius 3 is 2.13 bits per heavy atom. The first-order valence-corrected chi connectivity index (χ1v) is 4.63. The Morgan fingerprint density at radius 2 is 1.67 bits per heavy atom. The number of rotatable bonds is 5. The van der Waals surface area contributed by atoms with E-state index in [1.54, 1.807) is 27.2 Å². The van der Waals surface area contributed by atoms with Crippen molar-refractivity contribution >= 4 is 0 Å². The lowest BCUT2D eigenvalue weighted by atomic mass is 10.2. The molecule has 82 valence electrons. The molecule has 0 bridgehead atoms. The molecule has 3 heteroatoms. The lowest BCUT2D eigenvalue weighted by Gasteiger charge is -2.12. The molecule has 0 aromatic heterocycles. The molecule has 0 rings (SSSR count). The molecular weight excluding hydrogens is 190 g/mol. The Bertz CT molecular complexity index is 304. The van der Waals surface area contributed by atoms with Crippen molar-refractivity contribution in [1.82, 2.24) is 0 Å². The molecule has 0 atom stereocenters. The van der Waals surface area contributed by atoms with Crippen molar-refractivity contribution in [1.29, 1.82) is 5.26 Å². The molecule has 0 aliphatic heterocycles. The number of allylic oxidation sites excluding steroid dienone is 5. The van der Waals surface area contributed by atoms with Crippen molar-refractivity contribution in [2.45, 2.75) is 20.1 Å². The van der Waals surface area contributed by atoms with Gasteiger partial charge in [-0.25, -0.2) is 0 Å². The third kappa shape index (κ3) is 5.84. The van der Waals surface area contributed by atoms with Gasteiger partial charge in [0.05, 0.1) is 6.07 Å². The third-order valence-corrected chi connectivity index (χ3v) is 1.79. The maximum Gasteiger partial charge on any atom is 0.179 e. The molecule has 0 heterocycles. The van der Waals surface area contributed by atoms with Gasteiger partial charge in [-0.3, -0.25) is 0 Å². The van der Waals surface area contributed by atoms with E-state index in [0.29, 0.717) is 5.57 Å². The number of nitriles is 1. The summed E-state index contributed by atoms with van der Waals surface area (Å²) in [6, 6.07) is 2.04. The van der Waals surface area contributed by atoms with E-state index in [1.165, 1.54) is 0 Å². The van der Waals surface area contributed by atoms with Gasteiger partial charge in [0.25, 0.3) is 0 Å². The molecule has 0 aliphatic rings. The Kier molecular flexibility index (Phi) is 7.25. The highest BCUT2D eigenvalue weighted by Gasteiger charge is 2.04. The summed E-state index contributed by atoms with van der Waals surface area (Å²) in [7, 11) is 3.18. The minimum atomic E-state index is -0.310. The van der Waals surface area contributed by atoms with E-state index in [9.17, 15) is 0 Å². The normalized spacial score (nSPS) is 13.6. The summed E-state index contributed by atoms with van der Waals surface area (Å²) < 4.78 is 10.1. The van der Waals surface area contributed by atoms with Gasteiger partial charge in [0.1, 0.15) is 0 Å². The van der Waals surface area contributed by atoms with Gasteiger partial charge in [-0.05, 0) is 25.5 Å². The smallest absolute Gasteiger partial charge is 0.179 e. The quantitative estimate of drug-likeness (QED) is 0.395. The second-order valence-electron chi connectivity index (χ2n) is 3.06. The van der Waals surface area contributed by atoms with Crippen LogP contribution in [0.5, 0.6) is 0 Å². The first kappa shape index (κ1) is 13.6. The average Bonchev–Trinajstić information content (AvgIpc) is 2.25. The maximum absolute atomic E-state index is 8.50. The molecule has 0 fully saturated rings. The summed E-state index contributed by atoms with van der Waals surface area (Å²) in [5.74, 6) is 0. The standard InChI is InChI=1S/C12H17NO2/c1-10(9-13)7-5-6-8-11(2)12(14-3)15-4/h5-8,12H,1-4H3/b6-5+,10-7+,11-8+. The van der Waals surface area contributed by atoms with E-state index in [-0.39, 0.29) is 6.29 Å². The molecule has 0 amide bonds. The van der Waals surface area contributed by atoms with Crippen LogP contribution >= 0.6 is 0 Å². The number of nitrogens with zero attached hydrogens (tertiary/aromatic N) is 1. The Labute approximate surface area is 91.3 Å². The Balaban J connectivity index is 4.34. The Morgan fingerprint density at radius 1 is 1.13 bits per heavy atom. The topological polar surface area (TPSA) is 42.2 Å². The maximum atomic E-state index is 8.50. The van der Waals surface area contributed by atoms with Crippen LogP contribution < -0.4 is 0 Å². The largest absolute Gasteiger partial charge is 0.352 e. The van der Waals surface area contributed by atoms with Crippen LogP contribution in [0.4, 0.5) is 0 Å². The monoisotopic (exact) mass is 207 g/mol. The predicted molar refractivity (Wildman–Crippen MR) is 60.1 cm³/mol. The SMILES string of the molecule is COC(OC)/C(C)=C/C=C/C=C(\C)C#N. The zero-order valence-electron chi connectivity index (χ0n) is 9.65. The van der Waals surface area contributed by atoms with E-state index >= 15 is 0 Å². The molecule has 0 radical (unpaired) electrons. The first-order valence-electron chi connectivity index (χ1n) is 4.63. The fraction of sp³-hybridized carbons (Fsp3) is 0.417. The van der Waals surface area contributed by atoms with Gasteiger partial charge in [-0.15, -0.1) is 0 Å². The number of ether oxygens (including phenoxy) is 2. The van der Waals surface area contributed by atoms with Gasteiger partial charge >= 0.3 is 0 Å². The molecule has 0 aromatic rings. The number of hydrogen-bond acceptors (Lipinski definition) is 3. The highest BCUT2D eigenvalue weighted by atomic mass is 16.7. The van der Waals surface area contributed by atoms with Crippen LogP contribution in [0.15, 0.2) is 35.5 Å². The molecular formula is C12H17NO2. The molecule has 0 N–H and O–H groups in total. The molecule has 0 unspecified atom stereocenters. The van der Waals surface area contributed by atoms with Crippen molar-refractivity contribution in [3.8, 4) is 6.07 Å². The summed E-state index contributed by atoms with van der Waals surface area (Å²) in [4.78, 5) is 0. The average molecular weight is 207 g/mol. The van der Waals surface area contributed by atoms with Gasteiger partial charge in [0.2, 0.25) is 0 Å². The molecule has 0 spiro atoms. The van der Waals surface area contributed by atoms with Gasteiger partial charge in [-0.2, -0.15) is 5.26 Å². The van der Waals surface area contributed by atoms with E-state index in [0.717, 1.165) is 5.57 Å². The van der Waals surface area contributed by atoms with Crippen molar-refractivity contribution in [2.24, 2.45) is 0 Å². The summed E-state index contributed by atoms with van der Waals surface area (Å²) in [5, 5.41) is 8.50. The first-order chi connectivity index (χ1) is 7.15. The van der Waals surface area contributed by atoms with Crippen LogP contribution in [0.2, 0.25) is 0 Å². The zero-order valence-corrected chi connectivity index (χ0v) is 9.65. The van der Waals surface area contributed by atoms with Gasteiger partial charge in [0.15, 0.2) is 6.29 Å². The summed E-state index contributed by atoms with van der Waals surface area (Å²) in [6.07, 6.45) is 6.98. The Hall–Kier alpha value is -1.37. The molecule has 0 saturated carbocycles. The fourth-order valence-electron chi connectivity index (χ4n) is 0.991. The zero-order chi connectivity index (χ0) is 11.7. The fourth-order valence-corrected chi connectivity index (χ4v) is 0.991. The van der Waals surface area contributed by atoms with Crippen LogP contribution in [-0.2, 0) is 9.47 Å². The van der Waals surface area contributed by atoms with E-state index in [4.69, 9.17) is 14.7 Å². The van der Waals surface area contributed by atoms with Crippen LogP contribution in [0.25, 0.3) is 0 Å². The number of hydrogen-bond donors (Lipinski definition) is 0. The summed E-state index contributed by atoms with van der Waals surface area (Å²) in [6.45, 7) is 3.68. The molecule has 0 aromatic carbocycles. The number of methoxy groups -OCH3 is 2. The summed E-state index contributed by atoms with van der Waals surface area (Å²) in [5.41, 5.74) is 1.64. The van der Waals surface area contributed by atoms with Crippen molar-refractivity contribution in [3.63, 3.8) is 0 Å². The van der Waals surface area contributed by atoms with Crippen LogP contribution in [0.1, 0.15) is 13.8 Å². The van der Waals surface area contributed by atoms with Gasteiger partial charge in [0, 0.05) is 19.8 Å².